The van der Waals surface area contributed by atoms with Gasteiger partial charge in [0.25, 0.3) is 0 Å². The molecule has 0 aromatic carbocycles. The monoisotopic (exact) mass is 347 g/mol. The van der Waals surface area contributed by atoms with Crippen LogP contribution < -0.4 is 5.32 Å². The number of rotatable bonds is 2. The summed E-state index contributed by atoms with van der Waals surface area (Å²) in [6.45, 7) is 0. The Labute approximate surface area is 108 Å². The van der Waals surface area contributed by atoms with Gasteiger partial charge in [0.2, 0.25) is 0 Å². The van der Waals surface area contributed by atoms with Gasteiger partial charge in [-0.05, 0) is 44.0 Å². The molecule has 2 rings (SSSR count). The zero-order valence-corrected chi connectivity index (χ0v) is 11.8. The normalized spacial score (nSPS) is 10.3. The van der Waals surface area contributed by atoms with E-state index in [4.69, 9.17) is 0 Å². The molecule has 0 amide bonds. The van der Waals surface area contributed by atoms with Crippen molar-refractivity contribution in [1.29, 1.82) is 0 Å². The Balaban J connectivity index is 2.45. The van der Waals surface area contributed by atoms with E-state index in [1.165, 1.54) is 0 Å². The summed E-state index contributed by atoms with van der Waals surface area (Å²) in [6, 6.07) is 3.99. The highest BCUT2D eigenvalue weighted by Gasteiger charge is 2.07. The van der Waals surface area contributed by atoms with Crippen LogP contribution in [0.25, 0.3) is 10.7 Å². The Hall–Kier alpha value is -0.460. The molecule has 1 N–H and O–H groups in total. The highest BCUT2D eigenvalue weighted by molar-refractivity contribution is 9.11. The molecule has 15 heavy (non-hydrogen) atoms. The van der Waals surface area contributed by atoms with E-state index < -0.39 is 0 Å². The van der Waals surface area contributed by atoms with Crippen LogP contribution in [0.2, 0.25) is 0 Å². The van der Waals surface area contributed by atoms with Crippen LogP contribution in [0, 0.1) is 0 Å². The van der Waals surface area contributed by atoms with Crippen molar-refractivity contribution in [2.45, 2.75) is 0 Å². The minimum atomic E-state index is 0.734. The van der Waals surface area contributed by atoms with Crippen LogP contribution in [-0.2, 0) is 0 Å². The van der Waals surface area contributed by atoms with Gasteiger partial charge >= 0.3 is 0 Å². The van der Waals surface area contributed by atoms with Crippen LogP contribution in [0.5, 0.6) is 0 Å². The maximum absolute atomic E-state index is 4.39. The van der Waals surface area contributed by atoms with E-state index in [9.17, 15) is 0 Å². The summed E-state index contributed by atoms with van der Waals surface area (Å²) in [6.07, 6.45) is 1.75. The first-order chi connectivity index (χ1) is 7.20. The molecule has 2 heterocycles. The summed E-state index contributed by atoms with van der Waals surface area (Å²) in [4.78, 5) is 9.70. The zero-order valence-electron chi connectivity index (χ0n) is 7.79. The van der Waals surface area contributed by atoms with Crippen molar-refractivity contribution in [3.63, 3.8) is 0 Å². The standard InChI is InChI=1S/C9H7Br2N3S/c1-12-8-5(10)4-13-9(14-8)6-2-3-7(11)15-6/h2-4H,1H3,(H,12,13,14). The molecule has 2 aromatic heterocycles. The van der Waals surface area contributed by atoms with Crippen LogP contribution in [0.4, 0.5) is 5.82 Å². The van der Waals surface area contributed by atoms with Crippen molar-refractivity contribution in [2.24, 2.45) is 0 Å². The number of anilines is 1. The summed E-state index contributed by atoms with van der Waals surface area (Å²) in [5.41, 5.74) is 0. The van der Waals surface area contributed by atoms with E-state index in [1.807, 2.05) is 19.2 Å². The maximum atomic E-state index is 4.39. The smallest absolute Gasteiger partial charge is 0.171 e. The molecule has 0 spiro atoms. The molecule has 0 aliphatic rings. The topological polar surface area (TPSA) is 37.8 Å². The number of halogens is 2. The van der Waals surface area contributed by atoms with Gasteiger partial charge in [-0.25, -0.2) is 9.97 Å². The lowest BCUT2D eigenvalue weighted by molar-refractivity contribution is 1.16. The summed E-state index contributed by atoms with van der Waals surface area (Å²) >= 11 is 8.41. The Morgan fingerprint density at radius 1 is 1.33 bits per heavy atom. The van der Waals surface area contributed by atoms with Gasteiger partial charge in [0.1, 0.15) is 5.82 Å². The van der Waals surface area contributed by atoms with Crippen molar-refractivity contribution >= 4 is 49.0 Å². The predicted molar refractivity (Wildman–Crippen MR) is 70.3 cm³/mol. The number of thiophene rings is 1. The highest BCUT2D eigenvalue weighted by Crippen LogP contribution is 2.30. The van der Waals surface area contributed by atoms with Crippen LogP contribution in [0.3, 0.4) is 0 Å². The Bertz CT molecular complexity index is 484. The van der Waals surface area contributed by atoms with Crippen molar-refractivity contribution in [2.75, 3.05) is 12.4 Å². The van der Waals surface area contributed by atoms with Crippen LogP contribution in [0.1, 0.15) is 0 Å². The quantitative estimate of drug-likeness (QED) is 0.897. The lowest BCUT2D eigenvalue weighted by atomic mass is 10.4. The second kappa shape index (κ2) is 4.59. The Morgan fingerprint density at radius 2 is 2.13 bits per heavy atom. The lowest BCUT2D eigenvalue weighted by Gasteiger charge is -2.03. The average Bonchev–Trinajstić information content (AvgIpc) is 2.66. The van der Waals surface area contributed by atoms with Crippen LogP contribution in [-0.4, -0.2) is 17.0 Å². The molecule has 0 unspecified atom stereocenters. The molecule has 2 aromatic rings. The van der Waals surface area contributed by atoms with E-state index in [1.54, 1.807) is 17.5 Å². The summed E-state index contributed by atoms with van der Waals surface area (Å²) in [7, 11) is 1.83. The minimum absolute atomic E-state index is 0.734. The molecule has 78 valence electrons. The van der Waals surface area contributed by atoms with Gasteiger partial charge in [0, 0.05) is 13.2 Å². The van der Waals surface area contributed by atoms with Gasteiger partial charge in [-0.15, -0.1) is 11.3 Å². The van der Waals surface area contributed by atoms with Crippen molar-refractivity contribution in [3.8, 4) is 10.7 Å². The number of aromatic nitrogens is 2. The van der Waals surface area contributed by atoms with Gasteiger partial charge in [-0.3, -0.25) is 0 Å². The first-order valence-corrected chi connectivity index (χ1v) is 6.57. The van der Waals surface area contributed by atoms with Gasteiger partial charge in [0.05, 0.1) is 13.1 Å². The fourth-order valence-electron chi connectivity index (χ4n) is 1.10. The molecule has 0 aliphatic carbocycles. The first kappa shape index (κ1) is 11.0. The number of hydrogen-bond acceptors (Lipinski definition) is 4. The second-order valence-corrected chi connectivity index (χ2v) is 6.06. The third-order valence-electron chi connectivity index (χ3n) is 1.77. The number of hydrogen-bond donors (Lipinski definition) is 1. The molecule has 0 radical (unpaired) electrons. The molecule has 0 fully saturated rings. The number of nitrogens with one attached hydrogen (secondary N) is 1. The summed E-state index contributed by atoms with van der Waals surface area (Å²) in [5, 5.41) is 3.01. The van der Waals surface area contributed by atoms with Gasteiger partial charge in [0.15, 0.2) is 5.82 Å². The van der Waals surface area contributed by atoms with Gasteiger partial charge < -0.3 is 5.32 Å². The molecular formula is C9H7Br2N3S. The highest BCUT2D eigenvalue weighted by atomic mass is 79.9. The Kier molecular flexibility index (Phi) is 3.38. The average molecular weight is 349 g/mol. The number of nitrogens with zero attached hydrogens (tertiary/aromatic N) is 2. The molecule has 0 saturated heterocycles. The summed E-state index contributed by atoms with van der Waals surface area (Å²) in [5.74, 6) is 1.53. The predicted octanol–water partition coefficient (Wildman–Crippen LogP) is 3.77. The van der Waals surface area contributed by atoms with E-state index >= 15 is 0 Å². The summed E-state index contributed by atoms with van der Waals surface area (Å²) < 4.78 is 1.94. The molecule has 0 saturated carbocycles. The second-order valence-electron chi connectivity index (χ2n) is 2.74. The molecular weight excluding hydrogens is 342 g/mol. The van der Waals surface area contributed by atoms with Crippen molar-refractivity contribution in [3.05, 3.63) is 26.6 Å². The third-order valence-corrected chi connectivity index (χ3v) is 3.97. The lowest BCUT2D eigenvalue weighted by Crippen LogP contribution is -1.96. The first-order valence-electron chi connectivity index (χ1n) is 4.16. The minimum Gasteiger partial charge on any atom is -0.372 e. The van der Waals surface area contributed by atoms with Crippen LogP contribution in [0.15, 0.2) is 26.6 Å². The van der Waals surface area contributed by atoms with E-state index in [0.717, 1.165) is 24.8 Å². The van der Waals surface area contributed by atoms with E-state index in [-0.39, 0.29) is 0 Å². The molecule has 0 aliphatic heterocycles. The van der Waals surface area contributed by atoms with Gasteiger partial charge in [-0.1, -0.05) is 0 Å². The molecule has 0 bridgehead atoms. The van der Waals surface area contributed by atoms with E-state index in [0.29, 0.717) is 0 Å². The third kappa shape index (κ3) is 2.38. The fraction of sp³-hybridized carbons (Fsp3) is 0.111. The SMILES string of the molecule is CNc1nc(-c2ccc(Br)s2)ncc1Br. The van der Waals surface area contributed by atoms with Gasteiger partial charge in [-0.2, -0.15) is 0 Å². The van der Waals surface area contributed by atoms with E-state index in [2.05, 4.69) is 47.1 Å². The molecule has 6 heteroatoms. The zero-order chi connectivity index (χ0) is 10.8. The molecule has 3 nitrogen and oxygen atoms in total. The fourth-order valence-corrected chi connectivity index (χ4v) is 2.81. The van der Waals surface area contributed by atoms with Crippen molar-refractivity contribution < 1.29 is 0 Å². The van der Waals surface area contributed by atoms with Crippen LogP contribution >= 0.6 is 43.2 Å². The van der Waals surface area contributed by atoms with Crippen molar-refractivity contribution in [1.82, 2.24) is 9.97 Å². The molecule has 0 atom stereocenters. The largest absolute Gasteiger partial charge is 0.372 e. The maximum Gasteiger partial charge on any atom is 0.171 e. The Morgan fingerprint density at radius 3 is 2.73 bits per heavy atom.